The Morgan fingerprint density at radius 3 is 2.54 bits per heavy atom. The molecule has 1 aromatic heterocycles. The molecule has 0 atom stereocenters. The summed E-state index contributed by atoms with van der Waals surface area (Å²) in [5, 5.41) is 3.88. The van der Waals surface area contributed by atoms with Gasteiger partial charge in [-0.05, 0) is 53.6 Å². The van der Waals surface area contributed by atoms with Crippen molar-refractivity contribution in [1.82, 2.24) is 5.43 Å². The van der Waals surface area contributed by atoms with E-state index in [2.05, 4.69) is 10.5 Å². The molecule has 0 saturated carbocycles. The fraction of sp³-hybridized carbons (Fsp3) is 0.0526. The van der Waals surface area contributed by atoms with Crippen LogP contribution in [0.1, 0.15) is 15.2 Å². The van der Waals surface area contributed by atoms with Crippen molar-refractivity contribution in [2.45, 2.75) is 0 Å². The number of carbonyl (C=O) groups is 1. The summed E-state index contributed by atoms with van der Waals surface area (Å²) in [6.45, 7) is 0. The number of nitrogens with one attached hydrogen (secondary N) is 1. The number of hydrogen-bond acceptors (Lipinski definition) is 5. The van der Waals surface area contributed by atoms with E-state index in [1.54, 1.807) is 25.3 Å². The van der Waals surface area contributed by atoms with Crippen LogP contribution in [-0.4, -0.2) is 19.2 Å². The van der Waals surface area contributed by atoms with E-state index >= 15 is 0 Å². The average Bonchev–Trinajstić information content (AvgIpc) is 3.05. The van der Waals surface area contributed by atoms with Crippen LogP contribution >= 0.6 is 11.3 Å². The molecule has 2 aromatic carbocycles. The third-order valence-corrected chi connectivity index (χ3v) is 4.79. The van der Waals surface area contributed by atoms with Gasteiger partial charge < -0.3 is 10.5 Å². The molecule has 0 aliphatic heterocycles. The lowest BCUT2D eigenvalue weighted by molar-refractivity contribution is 0.0960. The van der Waals surface area contributed by atoms with Gasteiger partial charge in [-0.1, -0.05) is 12.1 Å². The van der Waals surface area contributed by atoms with Crippen molar-refractivity contribution in [2.24, 2.45) is 5.10 Å². The van der Waals surface area contributed by atoms with Crippen LogP contribution in [0.2, 0.25) is 0 Å². The third-order valence-electron chi connectivity index (χ3n) is 3.59. The molecule has 0 bridgehead atoms. The minimum atomic E-state index is -0.398. The average molecular weight is 369 g/mol. The number of anilines is 1. The van der Waals surface area contributed by atoms with Gasteiger partial charge in [0.15, 0.2) is 0 Å². The molecule has 0 aliphatic rings. The van der Waals surface area contributed by atoms with Gasteiger partial charge in [0.25, 0.3) is 5.91 Å². The molecular weight excluding hydrogens is 353 g/mol. The molecule has 1 heterocycles. The summed E-state index contributed by atoms with van der Waals surface area (Å²) in [6.07, 6.45) is 1.44. The molecule has 0 radical (unpaired) electrons. The van der Waals surface area contributed by atoms with E-state index in [-0.39, 0.29) is 5.82 Å². The number of nitrogens with zero attached hydrogens (tertiary/aromatic N) is 1. The van der Waals surface area contributed by atoms with Gasteiger partial charge in [0.1, 0.15) is 16.4 Å². The topological polar surface area (TPSA) is 76.7 Å². The van der Waals surface area contributed by atoms with Crippen LogP contribution < -0.4 is 15.9 Å². The number of nitrogen functional groups attached to an aromatic ring is 1. The van der Waals surface area contributed by atoms with Gasteiger partial charge in [-0.3, -0.25) is 4.79 Å². The van der Waals surface area contributed by atoms with Gasteiger partial charge in [0, 0.05) is 4.88 Å². The fourth-order valence-corrected chi connectivity index (χ4v) is 3.22. The predicted molar refractivity (Wildman–Crippen MR) is 102 cm³/mol. The first-order valence-electron chi connectivity index (χ1n) is 7.69. The van der Waals surface area contributed by atoms with E-state index in [9.17, 15) is 9.18 Å². The van der Waals surface area contributed by atoms with Gasteiger partial charge in [0.2, 0.25) is 0 Å². The molecule has 7 heteroatoms. The molecule has 0 spiro atoms. The van der Waals surface area contributed by atoms with Gasteiger partial charge in [-0.25, -0.2) is 9.82 Å². The van der Waals surface area contributed by atoms with Crippen LogP contribution in [0, 0.1) is 5.82 Å². The Kier molecular flexibility index (Phi) is 5.28. The van der Waals surface area contributed by atoms with Crippen molar-refractivity contribution in [1.29, 1.82) is 0 Å². The van der Waals surface area contributed by atoms with E-state index in [1.807, 2.05) is 24.3 Å². The van der Waals surface area contributed by atoms with Crippen LogP contribution in [0.15, 0.2) is 59.7 Å². The summed E-state index contributed by atoms with van der Waals surface area (Å²) < 4.78 is 18.0. The van der Waals surface area contributed by atoms with Crippen molar-refractivity contribution in [3.8, 4) is 16.2 Å². The highest BCUT2D eigenvalue weighted by Crippen LogP contribution is 2.33. The molecule has 0 aliphatic carbocycles. The number of methoxy groups -OCH3 is 1. The van der Waals surface area contributed by atoms with Crippen molar-refractivity contribution < 1.29 is 13.9 Å². The maximum Gasteiger partial charge on any atom is 0.283 e. The van der Waals surface area contributed by atoms with E-state index in [1.165, 1.54) is 29.7 Å². The number of halogens is 1. The molecule has 26 heavy (non-hydrogen) atoms. The van der Waals surface area contributed by atoms with Gasteiger partial charge in [-0.2, -0.15) is 5.10 Å². The lowest BCUT2D eigenvalue weighted by Gasteiger charge is -2.00. The molecule has 0 saturated heterocycles. The Morgan fingerprint density at radius 2 is 1.88 bits per heavy atom. The van der Waals surface area contributed by atoms with Crippen molar-refractivity contribution in [3.63, 3.8) is 0 Å². The molecular formula is C19H16FN3O2S. The van der Waals surface area contributed by atoms with E-state index in [4.69, 9.17) is 10.5 Å². The van der Waals surface area contributed by atoms with Gasteiger partial charge >= 0.3 is 0 Å². The number of ether oxygens (including phenoxy) is 1. The Hall–Kier alpha value is -3.19. The monoisotopic (exact) mass is 369 g/mol. The number of thiophene rings is 1. The molecule has 1 amide bonds. The maximum atomic E-state index is 12.9. The van der Waals surface area contributed by atoms with Crippen LogP contribution in [0.4, 0.5) is 10.1 Å². The lowest BCUT2D eigenvalue weighted by atomic mass is 10.2. The zero-order valence-electron chi connectivity index (χ0n) is 13.9. The Labute approximate surface area is 153 Å². The summed E-state index contributed by atoms with van der Waals surface area (Å²) in [7, 11) is 1.60. The standard InChI is InChI=1S/C19H16FN3O2S/c1-25-15-8-4-13(5-9-15)17-10-16(21)18(26-17)19(24)23-22-11-12-2-6-14(20)7-3-12/h2-11H,21H2,1H3,(H,23,24)/b22-11-. The zero-order chi connectivity index (χ0) is 18.5. The van der Waals surface area contributed by atoms with E-state index in [0.29, 0.717) is 16.1 Å². The van der Waals surface area contributed by atoms with Gasteiger partial charge in [-0.15, -0.1) is 11.3 Å². The first-order chi connectivity index (χ1) is 12.6. The maximum absolute atomic E-state index is 12.9. The van der Waals surface area contributed by atoms with Crippen LogP contribution in [0.5, 0.6) is 5.75 Å². The number of amides is 1. The Balaban J connectivity index is 1.71. The molecule has 0 unspecified atom stereocenters. The highest BCUT2D eigenvalue weighted by molar-refractivity contribution is 7.18. The number of rotatable bonds is 5. The van der Waals surface area contributed by atoms with Crippen molar-refractivity contribution >= 4 is 29.1 Å². The first kappa shape index (κ1) is 17.6. The number of nitrogens with two attached hydrogens (primary N) is 1. The molecule has 5 nitrogen and oxygen atoms in total. The lowest BCUT2D eigenvalue weighted by Crippen LogP contribution is -2.17. The zero-order valence-corrected chi connectivity index (χ0v) is 14.7. The Bertz CT molecular complexity index is 934. The van der Waals surface area contributed by atoms with Crippen LogP contribution in [0.3, 0.4) is 0 Å². The van der Waals surface area contributed by atoms with Crippen molar-refractivity contribution in [3.05, 3.63) is 70.9 Å². The van der Waals surface area contributed by atoms with E-state index in [0.717, 1.165) is 16.2 Å². The van der Waals surface area contributed by atoms with Crippen LogP contribution in [-0.2, 0) is 0 Å². The second-order valence-electron chi connectivity index (χ2n) is 5.37. The number of hydrazone groups is 1. The first-order valence-corrected chi connectivity index (χ1v) is 8.51. The number of benzene rings is 2. The highest BCUT2D eigenvalue weighted by Gasteiger charge is 2.15. The summed E-state index contributed by atoms with van der Waals surface area (Å²) in [6, 6.07) is 15.0. The Morgan fingerprint density at radius 1 is 1.19 bits per heavy atom. The minimum Gasteiger partial charge on any atom is -0.497 e. The predicted octanol–water partition coefficient (Wildman–Crippen LogP) is 3.91. The number of carbonyl (C=O) groups excluding carboxylic acids is 1. The molecule has 3 rings (SSSR count). The van der Waals surface area contributed by atoms with Gasteiger partial charge in [0.05, 0.1) is 19.0 Å². The number of hydrogen-bond donors (Lipinski definition) is 2. The quantitative estimate of drug-likeness (QED) is 0.529. The fourth-order valence-electron chi connectivity index (χ4n) is 2.25. The molecule has 3 N–H and O–H groups in total. The molecule has 3 aromatic rings. The molecule has 0 fully saturated rings. The summed E-state index contributed by atoms with van der Waals surface area (Å²) in [5.41, 5.74) is 10.4. The third kappa shape index (κ3) is 4.07. The largest absolute Gasteiger partial charge is 0.497 e. The van der Waals surface area contributed by atoms with E-state index < -0.39 is 5.91 Å². The SMILES string of the molecule is COc1ccc(-c2cc(N)c(C(=O)N/N=C\c3ccc(F)cc3)s2)cc1. The molecule has 132 valence electrons. The van der Waals surface area contributed by atoms with Crippen molar-refractivity contribution in [2.75, 3.05) is 12.8 Å². The minimum absolute atomic E-state index is 0.330. The summed E-state index contributed by atoms with van der Waals surface area (Å²) in [4.78, 5) is 13.5. The second kappa shape index (κ2) is 7.79. The highest BCUT2D eigenvalue weighted by atomic mass is 32.1. The smallest absolute Gasteiger partial charge is 0.283 e. The normalized spacial score (nSPS) is 10.8. The van der Waals surface area contributed by atoms with Crippen LogP contribution in [0.25, 0.3) is 10.4 Å². The summed E-state index contributed by atoms with van der Waals surface area (Å²) in [5.74, 6) is 0.0283. The second-order valence-corrected chi connectivity index (χ2v) is 6.43. The summed E-state index contributed by atoms with van der Waals surface area (Å²) >= 11 is 1.28.